The minimum atomic E-state index is 0.609. The molecule has 0 saturated heterocycles. The van der Waals surface area contributed by atoms with Crippen molar-refractivity contribution in [3.63, 3.8) is 0 Å². The molecule has 4 fully saturated rings. The van der Waals surface area contributed by atoms with E-state index in [0.29, 0.717) is 25.0 Å². The van der Waals surface area contributed by atoms with Gasteiger partial charge in [0.05, 0.1) is 13.2 Å². The minimum Gasteiger partial charge on any atom is -0.373 e. The van der Waals surface area contributed by atoms with Crippen molar-refractivity contribution < 1.29 is 4.74 Å². The molecule has 0 aliphatic heterocycles. The van der Waals surface area contributed by atoms with Crippen LogP contribution < -0.4 is 0 Å². The van der Waals surface area contributed by atoms with E-state index < -0.39 is 0 Å². The quantitative estimate of drug-likeness (QED) is 0.0636. The van der Waals surface area contributed by atoms with Crippen molar-refractivity contribution in [2.24, 2.45) is 35.5 Å². The van der Waals surface area contributed by atoms with Crippen LogP contribution in [0.4, 0.5) is 0 Å². The summed E-state index contributed by atoms with van der Waals surface area (Å²) in [5, 5.41) is 0. The van der Waals surface area contributed by atoms with Crippen LogP contribution in [-0.2, 0) is 4.74 Å². The molecule has 0 heterocycles. The van der Waals surface area contributed by atoms with Crippen molar-refractivity contribution in [2.45, 2.75) is 219 Å². The molecule has 4 saturated carbocycles. The van der Waals surface area contributed by atoms with E-state index >= 15 is 0 Å². The van der Waals surface area contributed by atoms with E-state index in [0.717, 1.165) is 35.5 Å². The molecule has 0 bridgehead atoms. The Bertz CT molecular complexity index is 1980. The SMILES string of the molecule is CCCCC[C@H]1CC[C@H](C(=CCOCC=C(c2ccc(-c3ccc([C@H]4CC[C@H](CCC)CC4)cc3)cc2)[C@H]2CC[C@H](CCCCC)CC2)c2ccc(-c3ccc([C@H]4CC[C@H](CCC)CC4)cc3)cc2)CC1. The zero-order valence-corrected chi connectivity index (χ0v) is 45.6. The van der Waals surface area contributed by atoms with Crippen LogP contribution in [0.2, 0.25) is 0 Å². The Morgan fingerprint density at radius 3 is 0.986 bits per heavy atom. The van der Waals surface area contributed by atoms with E-state index in [9.17, 15) is 0 Å². The Kier molecular flexibility index (Phi) is 21.7. The summed E-state index contributed by atoms with van der Waals surface area (Å²) in [4.78, 5) is 0. The van der Waals surface area contributed by atoms with Crippen LogP contribution in [0.3, 0.4) is 0 Å². The molecule has 384 valence electrons. The topological polar surface area (TPSA) is 9.23 Å². The van der Waals surface area contributed by atoms with Crippen LogP contribution >= 0.6 is 0 Å². The van der Waals surface area contributed by atoms with Gasteiger partial charge in [-0.05, 0) is 206 Å². The number of hydrogen-bond donors (Lipinski definition) is 0. The van der Waals surface area contributed by atoms with Gasteiger partial charge in [0.25, 0.3) is 0 Å². The average molecular weight is 956 g/mol. The first-order valence-corrected chi connectivity index (χ1v) is 30.4. The Balaban J connectivity index is 0.942. The first-order chi connectivity index (χ1) is 35.0. The number of hydrogen-bond acceptors (Lipinski definition) is 1. The molecule has 0 N–H and O–H groups in total. The van der Waals surface area contributed by atoms with E-state index in [4.69, 9.17) is 4.74 Å². The van der Waals surface area contributed by atoms with Gasteiger partial charge >= 0.3 is 0 Å². The lowest BCUT2D eigenvalue weighted by Crippen LogP contribution is -2.17. The second-order valence-corrected chi connectivity index (χ2v) is 23.7. The zero-order valence-electron chi connectivity index (χ0n) is 45.6. The molecule has 4 aromatic carbocycles. The Labute approximate surface area is 435 Å². The van der Waals surface area contributed by atoms with Crippen molar-refractivity contribution in [2.75, 3.05) is 13.2 Å². The van der Waals surface area contributed by atoms with Crippen molar-refractivity contribution in [1.82, 2.24) is 0 Å². The molecular weight excluding hydrogens is 857 g/mol. The molecule has 4 aromatic rings. The molecule has 1 nitrogen and oxygen atoms in total. The second-order valence-electron chi connectivity index (χ2n) is 23.7. The highest BCUT2D eigenvalue weighted by atomic mass is 16.5. The first-order valence-electron chi connectivity index (χ1n) is 30.4. The van der Waals surface area contributed by atoms with Crippen molar-refractivity contribution in [3.8, 4) is 22.3 Å². The maximum Gasteiger partial charge on any atom is 0.0657 e. The van der Waals surface area contributed by atoms with E-state index in [2.05, 4.69) is 137 Å². The first kappa shape index (κ1) is 53.6. The highest BCUT2D eigenvalue weighted by Gasteiger charge is 2.27. The fraction of sp³-hybridized carbons (Fsp3) is 0.600. The largest absolute Gasteiger partial charge is 0.373 e. The lowest BCUT2D eigenvalue weighted by atomic mass is 9.75. The number of ether oxygens (including phenoxy) is 1. The van der Waals surface area contributed by atoms with Crippen LogP contribution in [-0.4, -0.2) is 13.2 Å². The van der Waals surface area contributed by atoms with Crippen LogP contribution in [0.1, 0.15) is 242 Å². The third-order valence-electron chi connectivity index (χ3n) is 18.8. The third kappa shape index (κ3) is 15.7. The van der Waals surface area contributed by atoms with Gasteiger partial charge in [-0.3, -0.25) is 0 Å². The van der Waals surface area contributed by atoms with Gasteiger partial charge in [-0.2, -0.15) is 0 Å². The molecule has 71 heavy (non-hydrogen) atoms. The van der Waals surface area contributed by atoms with Gasteiger partial charge in [0, 0.05) is 0 Å². The summed E-state index contributed by atoms with van der Waals surface area (Å²) in [6, 6.07) is 38.5. The molecule has 8 rings (SSSR count). The molecule has 4 aliphatic carbocycles. The highest BCUT2D eigenvalue weighted by molar-refractivity contribution is 5.73. The van der Waals surface area contributed by atoms with Gasteiger partial charge in [0.2, 0.25) is 0 Å². The van der Waals surface area contributed by atoms with Gasteiger partial charge in [-0.15, -0.1) is 0 Å². The predicted octanol–water partition coefficient (Wildman–Crippen LogP) is 21.4. The van der Waals surface area contributed by atoms with E-state index in [-0.39, 0.29) is 0 Å². The number of allylic oxidation sites excluding steroid dienone is 2. The Hall–Kier alpha value is -3.68. The number of rotatable bonds is 24. The monoisotopic (exact) mass is 955 g/mol. The van der Waals surface area contributed by atoms with Crippen LogP contribution in [0, 0.1) is 35.5 Å². The predicted molar refractivity (Wildman–Crippen MR) is 309 cm³/mol. The van der Waals surface area contributed by atoms with Crippen molar-refractivity contribution in [1.29, 1.82) is 0 Å². The smallest absolute Gasteiger partial charge is 0.0657 e. The summed E-state index contributed by atoms with van der Waals surface area (Å²) < 4.78 is 6.68. The molecule has 0 atom stereocenters. The molecule has 4 aliphatic rings. The molecule has 0 radical (unpaired) electrons. The lowest BCUT2D eigenvalue weighted by Gasteiger charge is -2.31. The Morgan fingerprint density at radius 1 is 0.352 bits per heavy atom. The Morgan fingerprint density at radius 2 is 0.662 bits per heavy atom. The number of benzene rings is 4. The van der Waals surface area contributed by atoms with E-state index in [1.54, 1.807) is 11.1 Å². The van der Waals surface area contributed by atoms with Gasteiger partial charge in [-0.1, -0.05) is 214 Å². The van der Waals surface area contributed by atoms with Gasteiger partial charge < -0.3 is 4.74 Å². The van der Waals surface area contributed by atoms with Crippen LogP contribution in [0.5, 0.6) is 0 Å². The summed E-state index contributed by atoms with van der Waals surface area (Å²) in [6.45, 7) is 10.7. The summed E-state index contributed by atoms with van der Waals surface area (Å²) in [5.41, 5.74) is 14.3. The van der Waals surface area contributed by atoms with Crippen molar-refractivity contribution in [3.05, 3.63) is 131 Å². The van der Waals surface area contributed by atoms with Gasteiger partial charge in [0.1, 0.15) is 0 Å². The molecule has 0 spiro atoms. The van der Waals surface area contributed by atoms with Gasteiger partial charge in [0.15, 0.2) is 0 Å². The van der Waals surface area contributed by atoms with E-state index in [1.165, 1.54) is 224 Å². The highest BCUT2D eigenvalue weighted by Crippen LogP contribution is 2.43. The maximum atomic E-state index is 6.68. The lowest BCUT2D eigenvalue weighted by molar-refractivity contribution is 0.193. The fourth-order valence-electron chi connectivity index (χ4n) is 14.3. The van der Waals surface area contributed by atoms with Crippen LogP contribution in [0.25, 0.3) is 33.4 Å². The maximum absolute atomic E-state index is 6.68. The standard InChI is InChI=1S/C70H98O/c1-5-9-11-15-55-21-29-65(30-22-55)69(67-45-41-63(42-46-67)61-37-33-59(34-38-61)57-25-17-53(13-7-3)18-26-57)49-51-71-52-50-70(66-31-23-56(24-32-66)16-12-10-6-2)68-47-43-64(44-48-68)62-39-35-60(36-40-62)58-27-19-54(14-8-4)20-28-58/h33-50,53-58,65-66H,5-32,51-52H2,1-4H3/t53-,54-,55-,56-,57-,58-,65-,66-. The fourth-order valence-corrected chi connectivity index (χ4v) is 14.3. The zero-order chi connectivity index (χ0) is 49.0. The molecule has 0 amide bonds. The normalized spacial score (nSPS) is 25.6. The van der Waals surface area contributed by atoms with Crippen LogP contribution in [0.15, 0.2) is 109 Å². The minimum absolute atomic E-state index is 0.609. The third-order valence-corrected chi connectivity index (χ3v) is 18.8. The second kappa shape index (κ2) is 28.7. The van der Waals surface area contributed by atoms with Gasteiger partial charge in [-0.25, -0.2) is 0 Å². The molecule has 0 unspecified atom stereocenters. The summed E-state index contributed by atoms with van der Waals surface area (Å²) >= 11 is 0. The molecule has 1 heteroatoms. The van der Waals surface area contributed by atoms with E-state index in [1.807, 2.05) is 0 Å². The summed E-state index contributed by atoms with van der Waals surface area (Å²) in [6.07, 6.45) is 43.3. The molecule has 0 aromatic heterocycles. The number of unbranched alkanes of at least 4 members (excludes halogenated alkanes) is 4. The summed E-state index contributed by atoms with van der Waals surface area (Å²) in [7, 11) is 0. The molecular formula is C70H98O. The average Bonchev–Trinajstić information content (AvgIpc) is 3.42. The van der Waals surface area contributed by atoms with Crippen molar-refractivity contribution >= 4 is 11.1 Å². The summed E-state index contributed by atoms with van der Waals surface area (Å²) in [5.74, 6) is 6.42.